The summed E-state index contributed by atoms with van der Waals surface area (Å²) in [6.45, 7) is 0.726. The summed E-state index contributed by atoms with van der Waals surface area (Å²) < 4.78 is 0. The average molecular weight is 230 g/mol. The Morgan fingerprint density at radius 2 is 1.71 bits per heavy atom. The second kappa shape index (κ2) is 3.73. The lowest BCUT2D eigenvalue weighted by molar-refractivity contribution is 0.629. The highest BCUT2D eigenvalue weighted by atomic mass is 35.5. The maximum atomic E-state index is 5.97. The SMILES string of the molecule is NCCC1(c2cc(Cl)cc(Cl)c2)CC1. The Kier molecular flexibility index (Phi) is 2.74. The van der Waals surface area contributed by atoms with Crippen molar-refractivity contribution in [2.75, 3.05) is 6.54 Å². The summed E-state index contributed by atoms with van der Waals surface area (Å²) in [6.07, 6.45) is 3.45. The summed E-state index contributed by atoms with van der Waals surface area (Å²) in [4.78, 5) is 0. The van der Waals surface area contributed by atoms with Crippen LogP contribution in [0.2, 0.25) is 10.0 Å². The molecule has 0 aromatic heterocycles. The minimum absolute atomic E-state index is 0.281. The zero-order valence-electron chi connectivity index (χ0n) is 7.89. The molecule has 76 valence electrons. The Morgan fingerprint density at radius 1 is 1.14 bits per heavy atom. The van der Waals surface area contributed by atoms with Gasteiger partial charge < -0.3 is 5.73 Å². The molecule has 0 bridgehead atoms. The topological polar surface area (TPSA) is 26.0 Å². The van der Waals surface area contributed by atoms with Crippen LogP contribution in [0, 0.1) is 0 Å². The van der Waals surface area contributed by atoms with E-state index >= 15 is 0 Å². The molecule has 0 radical (unpaired) electrons. The van der Waals surface area contributed by atoms with E-state index in [0.717, 1.165) is 23.0 Å². The Labute approximate surface area is 94.2 Å². The third-order valence-corrected chi connectivity index (χ3v) is 3.39. The third-order valence-electron chi connectivity index (χ3n) is 2.95. The first-order valence-electron chi connectivity index (χ1n) is 4.83. The van der Waals surface area contributed by atoms with Crippen LogP contribution in [0.5, 0.6) is 0 Å². The van der Waals surface area contributed by atoms with Gasteiger partial charge in [0.1, 0.15) is 0 Å². The van der Waals surface area contributed by atoms with Crippen LogP contribution in [0.3, 0.4) is 0 Å². The van der Waals surface area contributed by atoms with E-state index in [-0.39, 0.29) is 5.41 Å². The normalized spacial score (nSPS) is 18.2. The van der Waals surface area contributed by atoms with Crippen LogP contribution in [-0.4, -0.2) is 6.54 Å². The van der Waals surface area contributed by atoms with Gasteiger partial charge in [-0.25, -0.2) is 0 Å². The van der Waals surface area contributed by atoms with E-state index in [9.17, 15) is 0 Å². The molecule has 2 rings (SSSR count). The summed E-state index contributed by atoms with van der Waals surface area (Å²) in [7, 11) is 0. The fourth-order valence-electron chi connectivity index (χ4n) is 1.97. The van der Waals surface area contributed by atoms with Crippen LogP contribution in [0.25, 0.3) is 0 Å². The maximum absolute atomic E-state index is 5.97. The van der Waals surface area contributed by atoms with Gasteiger partial charge in [-0.05, 0) is 55.0 Å². The van der Waals surface area contributed by atoms with Gasteiger partial charge in [-0.1, -0.05) is 23.2 Å². The highest BCUT2D eigenvalue weighted by Crippen LogP contribution is 2.51. The van der Waals surface area contributed by atoms with Gasteiger partial charge in [-0.2, -0.15) is 0 Å². The van der Waals surface area contributed by atoms with Gasteiger partial charge in [0, 0.05) is 10.0 Å². The Balaban J connectivity index is 2.32. The standard InChI is InChI=1S/C11H13Cl2N/c12-9-5-8(6-10(13)7-9)11(1-2-11)3-4-14/h5-7H,1-4,14H2. The molecule has 0 atom stereocenters. The van der Waals surface area contributed by atoms with Crippen LogP contribution in [0.1, 0.15) is 24.8 Å². The van der Waals surface area contributed by atoms with E-state index in [4.69, 9.17) is 28.9 Å². The summed E-state index contributed by atoms with van der Waals surface area (Å²) in [5.41, 5.74) is 7.13. The van der Waals surface area contributed by atoms with Crippen molar-refractivity contribution in [3.05, 3.63) is 33.8 Å². The van der Waals surface area contributed by atoms with Crippen molar-refractivity contribution in [1.82, 2.24) is 0 Å². The molecule has 1 fully saturated rings. The first-order chi connectivity index (χ1) is 6.66. The van der Waals surface area contributed by atoms with Crippen LogP contribution in [0.4, 0.5) is 0 Å². The monoisotopic (exact) mass is 229 g/mol. The van der Waals surface area contributed by atoms with Gasteiger partial charge in [-0.3, -0.25) is 0 Å². The van der Waals surface area contributed by atoms with Gasteiger partial charge in [0.15, 0.2) is 0 Å². The quantitative estimate of drug-likeness (QED) is 0.846. The zero-order chi connectivity index (χ0) is 10.2. The molecule has 0 aliphatic heterocycles. The lowest BCUT2D eigenvalue weighted by Gasteiger charge is -2.15. The van der Waals surface area contributed by atoms with E-state index in [1.54, 1.807) is 6.07 Å². The molecule has 0 heterocycles. The summed E-state index contributed by atoms with van der Waals surface area (Å²) >= 11 is 11.9. The second-order valence-corrected chi connectivity index (χ2v) is 4.85. The molecule has 1 nitrogen and oxygen atoms in total. The Hall–Kier alpha value is -0.240. The van der Waals surface area contributed by atoms with Crippen molar-refractivity contribution in [1.29, 1.82) is 0 Å². The molecular formula is C11H13Cl2N. The minimum atomic E-state index is 0.281. The molecule has 0 amide bonds. The summed E-state index contributed by atoms with van der Waals surface area (Å²) in [6, 6.07) is 5.79. The molecule has 14 heavy (non-hydrogen) atoms. The zero-order valence-corrected chi connectivity index (χ0v) is 9.41. The van der Waals surface area contributed by atoms with Crippen LogP contribution < -0.4 is 5.73 Å². The number of rotatable bonds is 3. The molecule has 2 N–H and O–H groups in total. The lowest BCUT2D eigenvalue weighted by Crippen LogP contribution is -2.13. The molecule has 0 spiro atoms. The van der Waals surface area contributed by atoms with E-state index < -0.39 is 0 Å². The largest absolute Gasteiger partial charge is 0.330 e. The first kappa shape index (κ1) is 10.3. The minimum Gasteiger partial charge on any atom is -0.330 e. The van der Waals surface area contributed by atoms with Gasteiger partial charge >= 0.3 is 0 Å². The first-order valence-corrected chi connectivity index (χ1v) is 5.58. The van der Waals surface area contributed by atoms with E-state index in [1.807, 2.05) is 12.1 Å². The predicted molar refractivity (Wildman–Crippen MR) is 61.0 cm³/mol. The van der Waals surface area contributed by atoms with Crippen LogP contribution >= 0.6 is 23.2 Å². The maximum Gasteiger partial charge on any atom is 0.0423 e. The van der Waals surface area contributed by atoms with E-state index in [1.165, 1.54) is 18.4 Å². The number of hydrogen-bond donors (Lipinski definition) is 1. The number of halogens is 2. The van der Waals surface area contributed by atoms with Crippen molar-refractivity contribution in [2.45, 2.75) is 24.7 Å². The second-order valence-electron chi connectivity index (χ2n) is 3.98. The van der Waals surface area contributed by atoms with Crippen LogP contribution in [0.15, 0.2) is 18.2 Å². The summed E-state index contributed by atoms with van der Waals surface area (Å²) in [5.74, 6) is 0. The molecule has 1 aliphatic carbocycles. The van der Waals surface area contributed by atoms with Gasteiger partial charge in [-0.15, -0.1) is 0 Å². The van der Waals surface area contributed by atoms with Crippen molar-refractivity contribution < 1.29 is 0 Å². The number of hydrogen-bond acceptors (Lipinski definition) is 1. The van der Waals surface area contributed by atoms with Gasteiger partial charge in [0.2, 0.25) is 0 Å². The van der Waals surface area contributed by atoms with Crippen LogP contribution in [-0.2, 0) is 5.41 Å². The third kappa shape index (κ3) is 1.90. The fraction of sp³-hybridized carbons (Fsp3) is 0.455. The molecule has 1 aliphatic rings. The van der Waals surface area contributed by atoms with Gasteiger partial charge in [0.05, 0.1) is 0 Å². The molecule has 0 unspecified atom stereocenters. The Bertz CT molecular complexity index is 325. The number of benzene rings is 1. The molecule has 1 saturated carbocycles. The molecular weight excluding hydrogens is 217 g/mol. The molecule has 0 saturated heterocycles. The summed E-state index contributed by atoms with van der Waals surface area (Å²) in [5, 5.41) is 1.44. The average Bonchev–Trinajstić information content (AvgIpc) is 2.84. The van der Waals surface area contributed by atoms with Crippen molar-refractivity contribution >= 4 is 23.2 Å². The van der Waals surface area contributed by atoms with Crippen molar-refractivity contribution in [3.8, 4) is 0 Å². The van der Waals surface area contributed by atoms with Gasteiger partial charge in [0.25, 0.3) is 0 Å². The predicted octanol–water partition coefficient (Wildman–Crippen LogP) is 3.37. The highest BCUT2D eigenvalue weighted by Gasteiger charge is 2.43. The smallest absolute Gasteiger partial charge is 0.0423 e. The van der Waals surface area contributed by atoms with E-state index in [2.05, 4.69) is 0 Å². The molecule has 3 heteroatoms. The highest BCUT2D eigenvalue weighted by molar-refractivity contribution is 6.34. The Morgan fingerprint density at radius 3 is 2.14 bits per heavy atom. The molecule has 1 aromatic carbocycles. The lowest BCUT2D eigenvalue weighted by atomic mass is 9.92. The van der Waals surface area contributed by atoms with Crippen molar-refractivity contribution in [3.63, 3.8) is 0 Å². The fourth-order valence-corrected chi connectivity index (χ4v) is 2.50. The van der Waals surface area contributed by atoms with E-state index in [0.29, 0.717) is 0 Å². The van der Waals surface area contributed by atoms with Crippen molar-refractivity contribution in [2.24, 2.45) is 5.73 Å². The number of nitrogens with two attached hydrogens (primary N) is 1. The molecule has 1 aromatic rings.